The molecule has 0 unspecified atom stereocenters. The first kappa shape index (κ1) is 14.3. The second-order valence-electron chi connectivity index (χ2n) is 3.81. The van der Waals surface area contributed by atoms with E-state index in [9.17, 15) is 4.79 Å². The van der Waals surface area contributed by atoms with Crippen molar-refractivity contribution in [2.24, 2.45) is 0 Å². The van der Waals surface area contributed by atoms with Crippen molar-refractivity contribution < 1.29 is 14.3 Å². The smallest absolute Gasteiger partial charge is 0.319 e. The first-order valence-corrected chi connectivity index (χ1v) is 5.94. The van der Waals surface area contributed by atoms with Crippen LogP contribution >= 0.6 is 0 Å². The number of rotatable bonds is 6. The summed E-state index contributed by atoms with van der Waals surface area (Å²) in [5.74, 6) is 0.680. The van der Waals surface area contributed by atoms with E-state index in [1.165, 1.54) is 0 Å². The molecule has 0 saturated heterocycles. The molecule has 2 N–H and O–H groups in total. The standard InChI is InChI=1S/C13H20N2O3/c1-4-18-12-9-10(2)5-6-11(12)15-13(16)14-7-8-17-3/h5-6,9H,4,7-8H2,1-3H3,(H2,14,15,16). The molecule has 18 heavy (non-hydrogen) atoms. The van der Waals surface area contributed by atoms with E-state index >= 15 is 0 Å². The van der Waals surface area contributed by atoms with E-state index in [1.807, 2.05) is 32.0 Å². The first-order valence-electron chi connectivity index (χ1n) is 5.94. The van der Waals surface area contributed by atoms with Gasteiger partial charge in [0.25, 0.3) is 0 Å². The quantitative estimate of drug-likeness (QED) is 0.763. The van der Waals surface area contributed by atoms with Crippen LogP contribution in [0.2, 0.25) is 0 Å². The maximum atomic E-state index is 11.6. The number of ether oxygens (including phenoxy) is 2. The number of anilines is 1. The Balaban J connectivity index is 2.62. The Labute approximate surface area is 107 Å². The number of hydrogen-bond acceptors (Lipinski definition) is 3. The number of carbonyl (C=O) groups is 1. The second kappa shape index (κ2) is 7.55. The third kappa shape index (κ3) is 4.63. The van der Waals surface area contributed by atoms with Crippen molar-refractivity contribution in [1.82, 2.24) is 5.32 Å². The van der Waals surface area contributed by atoms with Crippen LogP contribution in [0.3, 0.4) is 0 Å². The van der Waals surface area contributed by atoms with Gasteiger partial charge in [0, 0.05) is 13.7 Å². The largest absolute Gasteiger partial charge is 0.492 e. The molecule has 100 valence electrons. The van der Waals surface area contributed by atoms with E-state index in [2.05, 4.69) is 10.6 Å². The number of amides is 2. The number of hydrogen-bond donors (Lipinski definition) is 2. The highest BCUT2D eigenvalue weighted by atomic mass is 16.5. The number of urea groups is 1. The highest BCUT2D eigenvalue weighted by Crippen LogP contribution is 2.25. The SMILES string of the molecule is CCOc1cc(C)ccc1NC(=O)NCCOC. The lowest BCUT2D eigenvalue weighted by Gasteiger charge is -2.12. The lowest BCUT2D eigenvalue weighted by Crippen LogP contribution is -2.31. The van der Waals surface area contributed by atoms with Crippen LogP contribution in [0.1, 0.15) is 12.5 Å². The minimum atomic E-state index is -0.267. The Bertz CT molecular complexity index is 394. The van der Waals surface area contributed by atoms with Crippen LogP contribution < -0.4 is 15.4 Å². The molecule has 0 saturated carbocycles. The van der Waals surface area contributed by atoms with Crippen molar-refractivity contribution in [2.45, 2.75) is 13.8 Å². The predicted molar refractivity (Wildman–Crippen MR) is 71.2 cm³/mol. The molecule has 0 aromatic heterocycles. The van der Waals surface area contributed by atoms with Crippen molar-refractivity contribution in [3.05, 3.63) is 23.8 Å². The van der Waals surface area contributed by atoms with Gasteiger partial charge < -0.3 is 20.1 Å². The molecule has 0 atom stereocenters. The van der Waals surface area contributed by atoms with Gasteiger partial charge in [-0.25, -0.2) is 4.79 Å². The molecule has 0 aliphatic heterocycles. The topological polar surface area (TPSA) is 59.6 Å². The summed E-state index contributed by atoms with van der Waals surface area (Å²) in [5, 5.41) is 5.44. The maximum Gasteiger partial charge on any atom is 0.319 e. The number of methoxy groups -OCH3 is 1. The van der Waals surface area contributed by atoms with Crippen molar-refractivity contribution >= 4 is 11.7 Å². The fourth-order valence-electron chi connectivity index (χ4n) is 1.44. The molecule has 2 amide bonds. The fourth-order valence-corrected chi connectivity index (χ4v) is 1.44. The number of nitrogens with one attached hydrogen (secondary N) is 2. The van der Waals surface area contributed by atoms with Crippen molar-refractivity contribution in [1.29, 1.82) is 0 Å². The van der Waals surface area contributed by atoms with E-state index in [0.29, 0.717) is 31.2 Å². The maximum absolute atomic E-state index is 11.6. The summed E-state index contributed by atoms with van der Waals surface area (Å²) in [6.07, 6.45) is 0. The molecule has 0 spiro atoms. The summed E-state index contributed by atoms with van der Waals surface area (Å²) in [5.41, 5.74) is 1.75. The summed E-state index contributed by atoms with van der Waals surface area (Å²) >= 11 is 0. The third-order valence-electron chi connectivity index (χ3n) is 2.28. The zero-order chi connectivity index (χ0) is 13.4. The summed E-state index contributed by atoms with van der Waals surface area (Å²) in [7, 11) is 1.59. The summed E-state index contributed by atoms with van der Waals surface area (Å²) < 4.78 is 10.3. The molecule has 0 radical (unpaired) electrons. The van der Waals surface area contributed by atoms with Crippen LogP contribution in [0, 0.1) is 6.92 Å². The minimum absolute atomic E-state index is 0.267. The number of aryl methyl sites for hydroxylation is 1. The Hall–Kier alpha value is -1.75. The van der Waals surface area contributed by atoms with Crippen LogP contribution in [-0.2, 0) is 4.74 Å². The third-order valence-corrected chi connectivity index (χ3v) is 2.28. The van der Waals surface area contributed by atoms with Gasteiger partial charge in [-0.2, -0.15) is 0 Å². The van der Waals surface area contributed by atoms with Crippen LogP contribution in [0.15, 0.2) is 18.2 Å². The molecule has 0 bridgehead atoms. The molecule has 5 heteroatoms. The Morgan fingerprint density at radius 2 is 2.17 bits per heavy atom. The molecule has 0 fully saturated rings. The van der Waals surface area contributed by atoms with Gasteiger partial charge in [0.15, 0.2) is 0 Å². The molecule has 0 heterocycles. The zero-order valence-corrected chi connectivity index (χ0v) is 11.1. The fraction of sp³-hybridized carbons (Fsp3) is 0.462. The highest BCUT2D eigenvalue weighted by Gasteiger charge is 2.07. The van der Waals surface area contributed by atoms with Crippen LogP contribution in [0.4, 0.5) is 10.5 Å². The van der Waals surface area contributed by atoms with Crippen LogP contribution in [0.5, 0.6) is 5.75 Å². The molecular formula is C13H20N2O3. The Morgan fingerprint density at radius 1 is 1.39 bits per heavy atom. The van der Waals surface area contributed by atoms with E-state index in [4.69, 9.17) is 9.47 Å². The van der Waals surface area contributed by atoms with Gasteiger partial charge in [0.2, 0.25) is 0 Å². The lowest BCUT2D eigenvalue weighted by molar-refractivity contribution is 0.198. The monoisotopic (exact) mass is 252 g/mol. The van der Waals surface area contributed by atoms with Gasteiger partial charge in [-0.05, 0) is 31.5 Å². The van der Waals surface area contributed by atoms with Crippen molar-refractivity contribution in [2.75, 3.05) is 32.2 Å². The average molecular weight is 252 g/mol. The lowest BCUT2D eigenvalue weighted by atomic mass is 10.2. The average Bonchev–Trinajstić information content (AvgIpc) is 2.33. The number of benzene rings is 1. The molecule has 1 aromatic carbocycles. The van der Waals surface area contributed by atoms with Crippen molar-refractivity contribution in [3.8, 4) is 5.75 Å². The van der Waals surface area contributed by atoms with Gasteiger partial charge in [-0.15, -0.1) is 0 Å². The van der Waals surface area contributed by atoms with Crippen molar-refractivity contribution in [3.63, 3.8) is 0 Å². The summed E-state index contributed by atoms with van der Waals surface area (Å²) in [4.78, 5) is 11.6. The molecule has 1 aromatic rings. The van der Waals surface area contributed by atoms with E-state index in [-0.39, 0.29) is 6.03 Å². The van der Waals surface area contributed by atoms with Crippen LogP contribution in [0.25, 0.3) is 0 Å². The minimum Gasteiger partial charge on any atom is -0.492 e. The molecule has 0 aliphatic carbocycles. The van der Waals surface area contributed by atoms with E-state index in [1.54, 1.807) is 7.11 Å². The Kier molecular flexibility index (Phi) is 6.00. The van der Waals surface area contributed by atoms with Gasteiger partial charge in [0.05, 0.1) is 18.9 Å². The van der Waals surface area contributed by atoms with E-state index in [0.717, 1.165) is 5.56 Å². The predicted octanol–water partition coefficient (Wildman–Crippen LogP) is 2.16. The zero-order valence-electron chi connectivity index (χ0n) is 11.1. The first-order chi connectivity index (χ1) is 8.67. The molecule has 5 nitrogen and oxygen atoms in total. The number of carbonyl (C=O) groups excluding carboxylic acids is 1. The molecule has 1 rings (SSSR count). The molecule has 0 aliphatic rings. The highest BCUT2D eigenvalue weighted by molar-refractivity contribution is 5.90. The van der Waals surface area contributed by atoms with Gasteiger partial charge in [-0.1, -0.05) is 6.07 Å². The van der Waals surface area contributed by atoms with Crippen LogP contribution in [-0.4, -0.2) is 32.9 Å². The second-order valence-corrected chi connectivity index (χ2v) is 3.81. The van der Waals surface area contributed by atoms with Gasteiger partial charge in [-0.3, -0.25) is 0 Å². The van der Waals surface area contributed by atoms with Gasteiger partial charge >= 0.3 is 6.03 Å². The molecular weight excluding hydrogens is 232 g/mol. The summed E-state index contributed by atoms with van der Waals surface area (Å²) in [6, 6.07) is 5.38. The summed E-state index contributed by atoms with van der Waals surface area (Å²) in [6.45, 7) is 5.40. The van der Waals surface area contributed by atoms with E-state index < -0.39 is 0 Å². The van der Waals surface area contributed by atoms with Gasteiger partial charge in [0.1, 0.15) is 5.75 Å². The Morgan fingerprint density at radius 3 is 2.83 bits per heavy atom. The normalized spacial score (nSPS) is 9.94.